The molecule has 0 radical (unpaired) electrons. The van der Waals surface area contributed by atoms with Gasteiger partial charge in [-0.1, -0.05) is 30.3 Å². The van der Waals surface area contributed by atoms with E-state index in [0.29, 0.717) is 18.7 Å². The van der Waals surface area contributed by atoms with E-state index in [1.807, 2.05) is 18.2 Å². The number of pyridine rings is 1. The number of carbonyl (C=O) groups is 2. The van der Waals surface area contributed by atoms with Crippen LogP contribution in [-0.2, 0) is 6.42 Å². The van der Waals surface area contributed by atoms with Gasteiger partial charge in [0.2, 0.25) is 0 Å². The zero-order chi connectivity index (χ0) is 19.2. The number of aromatic carboxylic acids is 1. The third kappa shape index (κ3) is 4.12. The Morgan fingerprint density at radius 1 is 0.889 bits per heavy atom. The molecule has 1 aromatic heterocycles. The summed E-state index contributed by atoms with van der Waals surface area (Å²) < 4.78 is 0. The van der Waals surface area contributed by atoms with E-state index in [1.165, 1.54) is 18.2 Å². The van der Waals surface area contributed by atoms with Gasteiger partial charge in [0.05, 0.1) is 16.8 Å². The molecule has 2 aromatic carbocycles. The number of carboxylic acid groups (broad SMARTS) is 1. The summed E-state index contributed by atoms with van der Waals surface area (Å²) in [5.74, 6) is -1.94. The van der Waals surface area contributed by atoms with Crippen LogP contribution in [0.4, 0.5) is 5.69 Å². The van der Waals surface area contributed by atoms with Crippen molar-refractivity contribution in [3.8, 4) is 5.75 Å². The van der Waals surface area contributed by atoms with Gasteiger partial charge < -0.3 is 15.5 Å². The number of nitrogens with one attached hydrogen (secondary N) is 1. The number of phenolic OH excluding ortho intramolecular Hbond substituents is 1. The molecule has 136 valence electrons. The number of aromatic hydroxyl groups is 1. The quantitative estimate of drug-likeness (QED) is 0.440. The Morgan fingerprint density at radius 2 is 1.59 bits per heavy atom. The number of nitrogens with zero attached hydrogens (tertiary/aromatic N) is 1. The van der Waals surface area contributed by atoms with Crippen LogP contribution in [0.15, 0.2) is 66.9 Å². The Labute approximate surface area is 156 Å². The smallest absolute Gasteiger partial charge is 0.336 e. The monoisotopic (exact) mass is 362 g/mol. The maximum absolute atomic E-state index is 12.8. The van der Waals surface area contributed by atoms with E-state index < -0.39 is 11.8 Å². The summed E-state index contributed by atoms with van der Waals surface area (Å²) in [4.78, 5) is 28.4. The van der Waals surface area contributed by atoms with E-state index in [0.717, 1.165) is 5.69 Å². The van der Waals surface area contributed by atoms with Crippen molar-refractivity contribution in [2.75, 3.05) is 11.9 Å². The summed E-state index contributed by atoms with van der Waals surface area (Å²) in [5, 5.41) is 22.9. The number of aromatic nitrogens is 1. The number of hydrogen-bond acceptors (Lipinski definition) is 5. The molecule has 3 aromatic rings. The summed E-state index contributed by atoms with van der Waals surface area (Å²) >= 11 is 0. The van der Waals surface area contributed by atoms with E-state index in [9.17, 15) is 19.8 Å². The minimum Gasteiger partial charge on any atom is -0.505 e. The van der Waals surface area contributed by atoms with E-state index in [1.54, 1.807) is 30.5 Å². The van der Waals surface area contributed by atoms with Crippen molar-refractivity contribution in [3.63, 3.8) is 0 Å². The molecule has 6 nitrogen and oxygen atoms in total. The van der Waals surface area contributed by atoms with Gasteiger partial charge in [0.1, 0.15) is 5.75 Å². The first kappa shape index (κ1) is 18.1. The van der Waals surface area contributed by atoms with Crippen LogP contribution in [0.1, 0.15) is 32.0 Å². The summed E-state index contributed by atoms with van der Waals surface area (Å²) in [6.07, 6.45) is 2.37. The van der Waals surface area contributed by atoms with Gasteiger partial charge in [0, 0.05) is 30.4 Å². The van der Waals surface area contributed by atoms with Crippen LogP contribution in [0.2, 0.25) is 0 Å². The normalized spacial score (nSPS) is 10.4. The average molecular weight is 362 g/mol. The van der Waals surface area contributed by atoms with Crippen molar-refractivity contribution in [2.24, 2.45) is 0 Å². The van der Waals surface area contributed by atoms with Crippen LogP contribution in [0.5, 0.6) is 5.75 Å². The minimum atomic E-state index is -1.19. The highest BCUT2D eigenvalue weighted by atomic mass is 16.4. The van der Waals surface area contributed by atoms with Crippen molar-refractivity contribution in [2.45, 2.75) is 6.42 Å². The lowest BCUT2D eigenvalue weighted by Crippen LogP contribution is -2.11. The van der Waals surface area contributed by atoms with Gasteiger partial charge >= 0.3 is 5.97 Å². The van der Waals surface area contributed by atoms with Gasteiger partial charge in [-0.3, -0.25) is 9.78 Å². The number of phenols is 1. The molecule has 0 aliphatic carbocycles. The maximum Gasteiger partial charge on any atom is 0.336 e. The summed E-state index contributed by atoms with van der Waals surface area (Å²) in [6.45, 7) is 0.522. The Hall–Kier alpha value is -3.67. The zero-order valence-electron chi connectivity index (χ0n) is 14.4. The Bertz CT molecular complexity index is 971. The second kappa shape index (κ2) is 8.14. The number of ketones is 1. The predicted octanol–water partition coefficient (Wildman–Crippen LogP) is 3.37. The first-order valence-electron chi connectivity index (χ1n) is 8.40. The van der Waals surface area contributed by atoms with Gasteiger partial charge in [-0.25, -0.2) is 4.79 Å². The van der Waals surface area contributed by atoms with Gasteiger partial charge in [-0.2, -0.15) is 0 Å². The molecular weight excluding hydrogens is 344 g/mol. The lowest BCUT2D eigenvalue weighted by molar-refractivity contribution is 0.0692. The van der Waals surface area contributed by atoms with E-state index in [-0.39, 0.29) is 22.4 Å². The number of anilines is 1. The molecule has 0 spiro atoms. The number of carbonyl (C=O) groups excluding carboxylic acids is 1. The number of rotatable bonds is 7. The van der Waals surface area contributed by atoms with Crippen LogP contribution < -0.4 is 5.32 Å². The molecule has 0 amide bonds. The minimum absolute atomic E-state index is 0.0333. The first-order chi connectivity index (χ1) is 13.1. The van der Waals surface area contributed by atoms with Crippen molar-refractivity contribution < 1.29 is 19.8 Å². The van der Waals surface area contributed by atoms with E-state index >= 15 is 0 Å². The molecule has 0 atom stereocenters. The number of hydrogen-bond donors (Lipinski definition) is 3. The van der Waals surface area contributed by atoms with Crippen LogP contribution in [0.3, 0.4) is 0 Å². The topological polar surface area (TPSA) is 99.5 Å². The van der Waals surface area contributed by atoms with Gasteiger partial charge in [-0.05, 0) is 30.3 Å². The molecular formula is C21H18N2O4. The van der Waals surface area contributed by atoms with E-state index in [4.69, 9.17) is 0 Å². The summed E-state index contributed by atoms with van der Waals surface area (Å²) in [6, 6.07) is 16.4. The third-order valence-corrected chi connectivity index (χ3v) is 4.11. The summed E-state index contributed by atoms with van der Waals surface area (Å²) in [5.41, 5.74) is 1.30. The van der Waals surface area contributed by atoms with Crippen LogP contribution in [0, 0.1) is 0 Å². The SMILES string of the molecule is O=C(O)c1ccccc1C(=O)c1cccc(NCCc2ccccn2)c1O. The largest absolute Gasteiger partial charge is 0.505 e. The molecule has 0 bridgehead atoms. The fourth-order valence-electron chi connectivity index (χ4n) is 2.75. The Balaban J connectivity index is 1.80. The molecule has 1 heterocycles. The third-order valence-electron chi connectivity index (χ3n) is 4.11. The van der Waals surface area contributed by atoms with Crippen LogP contribution in [0.25, 0.3) is 0 Å². The Kier molecular flexibility index (Phi) is 5.47. The second-order valence-electron chi connectivity index (χ2n) is 5.88. The lowest BCUT2D eigenvalue weighted by Gasteiger charge is -2.12. The molecule has 0 saturated heterocycles. The average Bonchev–Trinajstić information content (AvgIpc) is 2.69. The van der Waals surface area contributed by atoms with E-state index in [2.05, 4.69) is 10.3 Å². The number of carboxylic acids is 1. The van der Waals surface area contributed by atoms with Gasteiger partial charge in [-0.15, -0.1) is 0 Å². The molecule has 0 fully saturated rings. The van der Waals surface area contributed by atoms with Crippen LogP contribution in [-0.4, -0.2) is 33.5 Å². The Morgan fingerprint density at radius 3 is 2.30 bits per heavy atom. The van der Waals surface area contributed by atoms with Crippen LogP contribution >= 0.6 is 0 Å². The highest BCUT2D eigenvalue weighted by Gasteiger charge is 2.21. The number of benzene rings is 2. The number of para-hydroxylation sites is 1. The van der Waals surface area contributed by atoms with Crippen molar-refractivity contribution >= 4 is 17.4 Å². The fourth-order valence-corrected chi connectivity index (χ4v) is 2.75. The molecule has 27 heavy (non-hydrogen) atoms. The molecule has 6 heteroatoms. The van der Waals surface area contributed by atoms with Crippen molar-refractivity contribution in [1.82, 2.24) is 4.98 Å². The van der Waals surface area contributed by atoms with Crippen molar-refractivity contribution in [1.29, 1.82) is 0 Å². The molecule has 3 rings (SSSR count). The molecule has 3 N–H and O–H groups in total. The molecule has 0 saturated carbocycles. The molecule has 0 aliphatic rings. The maximum atomic E-state index is 12.8. The molecule has 0 unspecified atom stereocenters. The second-order valence-corrected chi connectivity index (χ2v) is 5.88. The predicted molar refractivity (Wildman–Crippen MR) is 101 cm³/mol. The standard InChI is InChI=1S/C21H18N2O4/c24-19(15-7-1-2-8-16(15)21(26)27)17-9-5-10-18(20(17)25)23-13-11-14-6-3-4-12-22-14/h1-10,12,23,25H,11,13H2,(H,26,27). The molecule has 0 aliphatic heterocycles. The zero-order valence-corrected chi connectivity index (χ0v) is 14.4. The van der Waals surface area contributed by atoms with Crippen molar-refractivity contribution in [3.05, 3.63) is 89.2 Å². The summed E-state index contributed by atoms with van der Waals surface area (Å²) in [7, 11) is 0. The highest BCUT2D eigenvalue weighted by Crippen LogP contribution is 2.30. The fraction of sp³-hybridized carbons (Fsp3) is 0.0952. The van der Waals surface area contributed by atoms with Gasteiger partial charge in [0.15, 0.2) is 5.78 Å². The lowest BCUT2D eigenvalue weighted by atomic mass is 9.97. The van der Waals surface area contributed by atoms with Gasteiger partial charge in [0.25, 0.3) is 0 Å². The highest BCUT2D eigenvalue weighted by molar-refractivity contribution is 6.16. The first-order valence-corrected chi connectivity index (χ1v) is 8.40.